The SMILES string of the molecule is CC1CCN(C(=O)NC2CCCCC2)C1. The minimum absolute atomic E-state index is 0.172. The van der Waals surface area contributed by atoms with E-state index in [0.717, 1.165) is 19.5 Å². The van der Waals surface area contributed by atoms with Crippen LogP contribution in [0.15, 0.2) is 0 Å². The number of likely N-dealkylation sites (tertiary alicyclic amines) is 1. The van der Waals surface area contributed by atoms with Crippen molar-refractivity contribution in [1.29, 1.82) is 0 Å². The lowest BCUT2D eigenvalue weighted by atomic mass is 9.96. The van der Waals surface area contributed by atoms with Gasteiger partial charge in [-0.15, -0.1) is 0 Å². The van der Waals surface area contributed by atoms with Crippen LogP contribution in [-0.2, 0) is 0 Å². The van der Waals surface area contributed by atoms with Crippen LogP contribution in [0.3, 0.4) is 0 Å². The fraction of sp³-hybridized carbons (Fsp3) is 0.917. The van der Waals surface area contributed by atoms with Crippen LogP contribution in [0.2, 0.25) is 0 Å². The molecule has 1 heterocycles. The molecule has 1 atom stereocenters. The summed E-state index contributed by atoms with van der Waals surface area (Å²) in [5.74, 6) is 0.683. The maximum atomic E-state index is 11.9. The molecule has 1 aliphatic carbocycles. The van der Waals surface area contributed by atoms with E-state index in [-0.39, 0.29) is 6.03 Å². The minimum atomic E-state index is 0.172. The van der Waals surface area contributed by atoms with Crippen LogP contribution in [-0.4, -0.2) is 30.1 Å². The van der Waals surface area contributed by atoms with E-state index in [0.29, 0.717) is 12.0 Å². The van der Waals surface area contributed by atoms with E-state index in [1.54, 1.807) is 0 Å². The first-order valence-corrected chi connectivity index (χ1v) is 6.31. The smallest absolute Gasteiger partial charge is 0.317 e. The van der Waals surface area contributed by atoms with E-state index in [2.05, 4.69) is 12.2 Å². The van der Waals surface area contributed by atoms with Crippen LogP contribution < -0.4 is 5.32 Å². The third kappa shape index (κ3) is 2.86. The Morgan fingerprint density at radius 2 is 1.93 bits per heavy atom. The van der Waals surface area contributed by atoms with Gasteiger partial charge in [-0.2, -0.15) is 0 Å². The number of amides is 2. The van der Waals surface area contributed by atoms with Gasteiger partial charge < -0.3 is 10.2 Å². The van der Waals surface area contributed by atoms with Crippen LogP contribution in [0, 0.1) is 5.92 Å². The third-order valence-corrected chi connectivity index (χ3v) is 3.64. The molecule has 1 N–H and O–H groups in total. The summed E-state index contributed by atoms with van der Waals surface area (Å²) in [7, 11) is 0. The lowest BCUT2D eigenvalue weighted by Gasteiger charge is -2.26. The molecule has 1 unspecified atom stereocenters. The number of nitrogens with zero attached hydrogens (tertiary/aromatic N) is 1. The Morgan fingerprint density at radius 1 is 1.20 bits per heavy atom. The van der Waals surface area contributed by atoms with Gasteiger partial charge in [0.15, 0.2) is 0 Å². The largest absolute Gasteiger partial charge is 0.335 e. The average molecular weight is 210 g/mol. The van der Waals surface area contributed by atoms with Gasteiger partial charge in [0.25, 0.3) is 0 Å². The minimum Gasteiger partial charge on any atom is -0.335 e. The molecule has 0 radical (unpaired) electrons. The molecule has 0 bridgehead atoms. The lowest BCUT2D eigenvalue weighted by Crippen LogP contribution is -2.44. The van der Waals surface area contributed by atoms with Crippen LogP contribution in [0.25, 0.3) is 0 Å². The van der Waals surface area contributed by atoms with Gasteiger partial charge in [-0.1, -0.05) is 26.2 Å². The molecule has 3 nitrogen and oxygen atoms in total. The van der Waals surface area contributed by atoms with Gasteiger partial charge in [0, 0.05) is 19.1 Å². The van der Waals surface area contributed by atoms with Crippen molar-refractivity contribution in [2.45, 2.75) is 51.5 Å². The van der Waals surface area contributed by atoms with Crippen LogP contribution >= 0.6 is 0 Å². The first-order chi connectivity index (χ1) is 7.25. The molecule has 0 aromatic carbocycles. The predicted octanol–water partition coefficient (Wildman–Crippen LogP) is 2.37. The quantitative estimate of drug-likeness (QED) is 0.708. The number of carbonyl (C=O) groups excluding carboxylic acids is 1. The third-order valence-electron chi connectivity index (χ3n) is 3.64. The summed E-state index contributed by atoms with van der Waals surface area (Å²) in [6, 6.07) is 0.619. The molecular weight excluding hydrogens is 188 g/mol. The van der Waals surface area contributed by atoms with Crippen molar-refractivity contribution in [3.05, 3.63) is 0 Å². The van der Waals surface area contributed by atoms with Gasteiger partial charge in [0.05, 0.1) is 0 Å². The Labute approximate surface area is 92.2 Å². The number of hydrogen-bond acceptors (Lipinski definition) is 1. The normalized spacial score (nSPS) is 28.1. The van der Waals surface area contributed by atoms with Crippen molar-refractivity contribution in [3.63, 3.8) is 0 Å². The highest BCUT2D eigenvalue weighted by atomic mass is 16.2. The van der Waals surface area contributed by atoms with Crippen molar-refractivity contribution in [1.82, 2.24) is 10.2 Å². The van der Waals surface area contributed by atoms with E-state index < -0.39 is 0 Å². The van der Waals surface area contributed by atoms with Gasteiger partial charge in [-0.3, -0.25) is 0 Å². The molecule has 15 heavy (non-hydrogen) atoms. The first-order valence-electron chi connectivity index (χ1n) is 6.31. The Kier molecular flexibility index (Phi) is 3.49. The van der Waals surface area contributed by atoms with E-state index in [9.17, 15) is 4.79 Å². The first kappa shape index (κ1) is 10.8. The lowest BCUT2D eigenvalue weighted by molar-refractivity contribution is 0.199. The highest BCUT2D eigenvalue weighted by molar-refractivity contribution is 5.74. The highest BCUT2D eigenvalue weighted by Gasteiger charge is 2.25. The summed E-state index contributed by atoms with van der Waals surface area (Å²) in [4.78, 5) is 13.8. The topological polar surface area (TPSA) is 32.3 Å². The van der Waals surface area contributed by atoms with Gasteiger partial charge in [0.2, 0.25) is 0 Å². The van der Waals surface area contributed by atoms with Gasteiger partial charge in [-0.25, -0.2) is 4.79 Å². The number of carbonyl (C=O) groups is 1. The van der Waals surface area contributed by atoms with E-state index >= 15 is 0 Å². The molecular formula is C12H22N2O. The molecule has 2 amide bonds. The molecule has 3 heteroatoms. The summed E-state index contributed by atoms with van der Waals surface area (Å²) >= 11 is 0. The van der Waals surface area contributed by atoms with Crippen molar-refractivity contribution in [2.24, 2.45) is 5.92 Å². The Hall–Kier alpha value is -0.730. The molecule has 2 rings (SSSR count). The van der Waals surface area contributed by atoms with E-state index in [4.69, 9.17) is 0 Å². The average Bonchev–Trinajstić information content (AvgIpc) is 2.66. The zero-order valence-electron chi connectivity index (χ0n) is 9.67. The van der Waals surface area contributed by atoms with Gasteiger partial charge in [0.1, 0.15) is 0 Å². The second kappa shape index (κ2) is 4.86. The number of rotatable bonds is 1. The zero-order chi connectivity index (χ0) is 10.7. The second-order valence-corrected chi connectivity index (χ2v) is 5.12. The molecule has 1 aliphatic heterocycles. The molecule has 2 fully saturated rings. The zero-order valence-corrected chi connectivity index (χ0v) is 9.67. The Morgan fingerprint density at radius 3 is 2.53 bits per heavy atom. The van der Waals surface area contributed by atoms with Gasteiger partial charge >= 0.3 is 6.03 Å². The summed E-state index contributed by atoms with van der Waals surface area (Å²) < 4.78 is 0. The van der Waals surface area contributed by atoms with E-state index in [1.165, 1.54) is 32.1 Å². The number of nitrogens with one attached hydrogen (secondary N) is 1. The maximum absolute atomic E-state index is 11.9. The monoisotopic (exact) mass is 210 g/mol. The highest BCUT2D eigenvalue weighted by Crippen LogP contribution is 2.19. The van der Waals surface area contributed by atoms with Crippen LogP contribution in [0.1, 0.15) is 45.4 Å². The number of urea groups is 1. The molecule has 0 spiro atoms. The Bertz CT molecular complexity index is 224. The van der Waals surface area contributed by atoms with Crippen molar-refractivity contribution >= 4 is 6.03 Å². The number of hydrogen-bond donors (Lipinski definition) is 1. The molecule has 1 saturated carbocycles. The summed E-state index contributed by atoms with van der Waals surface area (Å²) in [6.07, 6.45) is 7.41. The van der Waals surface area contributed by atoms with Crippen molar-refractivity contribution < 1.29 is 4.79 Å². The Balaban J connectivity index is 1.76. The van der Waals surface area contributed by atoms with Crippen molar-refractivity contribution in [2.75, 3.05) is 13.1 Å². The summed E-state index contributed by atoms with van der Waals surface area (Å²) in [5.41, 5.74) is 0. The van der Waals surface area contributed by atoms with Gasteiger partial charge in [-0.05, 0) is 25.2 Å². The maximum Gasteiger partial charge on any atom is 0.317 e. The van der Waals surface area contributed by atoms with Crippen molar-refractivity contribution in [3.8, 4) is 0 Å². The standard InChI is InChI=1S/C12H22N2O/c1-10-7-8-14(9-10)12(15)13-11-5-3-2-4-6-11/h10-11H,2-9H2,1H3,(H,13,15). The van der Waals surface area contributed by atoms with E-state index in [1.807, 2.05) is 4.90 Å². The molecule has 1 saturated heterocycles. The summed E-state index contributed by atoms with van der Waals surface area (Å²) in [6.45, 7) is 4.10. The van der Waals surface area contributed by atoms with Crippen LogP contribution in [0.4, 0.5) is 4.79 Å². The second-order valence-electron chi connectivity index (χ2n) is 5.12. The molecule has 0 aromatic heterocycles. The van der Waals surface area contributed by atoms with Crippen LogP contribution in [0.5, 0.6) is 0 Å². The fourth-order valence-electron chi connectivity index (χ4n) is 2.63. The molecule has 2 aliphatic rings. The molecule has 0 aromatic rings. The molecule has 86 valence electrons. The summed E-state index contributed by atoms with van der Waals surface area (Å²) in [5, 5.41) is 3.17. The predicted molar refractivity (Wildman–Crippen MR) is 60.8 cm³/mol. The fourth-order valence-corrected chi connectivity index (χ4v) is 2.63.